The number of hydrogen-bond acceptors (Lipinski definition) is 3. The summed E-state index contributed by atoms with van der Waals surface area (Å²) in [6.45, 7) is 7.49. The lowest BCUT2D eigenvalue weighted by molar-refractivity contribution is -0.0273. The maximum absolute atomic E-state index is 13.9. The second kappa shape index (κ2) is 7.05. The van der Waals surface area contributed by atoms with Crippen LogP contribution in [0, 0.1) is 5.82 Å². The molecule has 2 unspecified atom stereocenters. The molecule has 0 saturated carbocycles. The largest absolute Gasteiger partial charge is 0.379 e. The molecule has 21 heavy (non-hydrogen) atoms. The van der Waals surface area contributed by atoms with Crippen LogP contribution in [0.25, 0.3) is 0 Å². The van der Waals surface area contributed by atoms with Crippen LogP contribution in [0.5, 0.6) is 0 Å². The van der Waals surface area contributed by atoms with Gasteiger partial charge in [-0.1, -0.05) is 18.5 Å². The average molecular weight is 315 g/mol. The van der Waals surface area contributed by atoms with Gasteiger partial charge in [-0.15, -0.1) is 0 Å². The number of halogens is 2. The van der Waals surface area contributed by atoms with Crippen LogP contribution in [0.15, 0.2) is 18.2 Å². The van der Waals surface area contributed by atoms with Gasteiger partial charge in [-0.05, 0) is 43.5 Å². The zero-order chi connectivity index (χ0) is 15.5. The van der Waals surface area contributed by atoms with E-state index >= 15 is 0 Å². The highest BCUT2D eigenvalue weighted by atomic mass is 35.5. The fraction of sp³-hybridized carbons (Fsp3) is 0.625. The number of ether oxygens (including phenoxy) is 1. The monoisotopic (exact) mass is 314 g/mol. The molecule has 1 saturated heterocycles. The summed E-state index contributed by atoms with van der Waals surface area (Å²) in [4.78, 5) is 2.36. The molecule has 0 radical (unpaired) electrons. The predicted molar refractivity (Wildman–Crippen MR) is 84.2 cm³/mol. The minimum Gasteiger partial charge on any atom is -0.379 e. The van der Waals surface area contributed by atoms with E-state index in [0.717, 1.165) is 32.7 Å². The van der Waals surface area contributed by atoms with Crippen molar-refractivity contribution >= 4 is 11.6 Å². The Morgan fingerprint density at radius 2 is 2.10 bits per heavy atom. The predicted octanol–water partition coefficient (Wildman–Crippen LogP) is 2.85. The highest BCUT2D eigenvalue weighted by molar-refractivity contribution is 6.30. The third kappa shape index (κ3) is 3.75. The van der Waals surface area contributed by atoms with E-state index in [1.54, 1.807) is 12.1 Å². The molecule has 2 N–H and O–H groups in total. The van der Waals surface area contributed by atoms with Gasteiger partial charge >= 0.3 is 0 Å². The maximum Gasteiger partial charge on any atom is 0.126 e. The van der Waals surface area contributed by atoms with Crippen LogP contribution in [0.4, 0.5) is 4.39 Å². The second-order valence-electron chi connectivity index (χ2n) is 5.86. The number of nitrogens with zero attached hydrogens (tertiary/aromatic N) is 1. The third-order valence-corrected chi connectivity index (χ3v) is 4.93. The van der Waals surface area contributed by atoms with E-state index in [2.05, 4.69) is 18.7 Å². The Morgan fingerprint density at radius 3 is 2.71 bits per heavy atom. The number of hydrogen-bond donors (Lipinski definition) is 1. The van der Waals surface area contributed by atoms with E-state index in [-0.39, 0.29) is 17.4 Å². The zero-order valence-electron chi connectivity index (χ0n) is 12.7. The molecule has 2 rings (SSSR count). The van der Waals surface area contributed by atoms with Gasteiger partial charge in [0.15, 0.2) is 0 Å². The molecular weight excluding hydrogens is 291 g/mol. The normalized spacial score (nSPS) is 21.0. The topological polar surface area (TPSA) is 38.5 Å². The van der Waals surface area contributed by atoms with Gasteiger partial charge in [0.25, 0.3) is 0 Å². The Kier molecular flexibility index (Phi) is 5.60. The number of nitrogens with two attached hydrogens (primary N) is 1. The quantitative estimate of drug-likeness (QED) is 0.908. The van der Waals surface area contributed by atoms with Crippen molar-refractivity contribution in [1.82, 2.24) is 4.90 Å². The van der Waals surface area contributed by atoms with Gasteiger partial charge in [-0.2, -0.15) is 0 Å². The first-order valence-electron chi connectivity index (χ1n) is 7.49. The number of rotatable bonds is 5. The van der Waals surface area contributed by atoms with E-state index < -0.39 is 0 Å². The molecule has 1 aromatic carbocycles. The van der Waals surface area contributed by atoms with Crippen molar-refractivity contribution in [3.63, 3.8) is 0 Å². The lowest BCUT2D eigenvalue weighted by atomic mass is 9.83. The smallest absolute Gasteiger partial charge is 0.126 e. The molecule has 0 bridgehead atoms. The van der Waals surface area contributed by atoms with Crippen LogP contribution in [-0.2, 0) is 11.2 Å². The minimum absolute atomic E-state index is 0.159. The summed E-state index contributed by atoms with van der Waals surface area (Å²) in [6.07, 6.45) is 1.39. The Hall–Kier alpha value is -0.680. The summed E-state index contributed by atoms with van der Waals surface area (Å²) in [6, 6.07) is 4.48. The molecule has 0 aromatic heterocycles. The number of morpholine rings is 1. The molecule has 1 heterocycles. The molecule has 3 nitrogen and oxygen atoms in total. The number of benzene rings is 1. The van der Waals surface area contributed by atoms with Crippen molar-refractivity contribution in [2.24, 2.45) is 5.73 Å². The van der Waals surface area contributed by atoms with Gasteiger partial charge in [0.1, 0.15) is 5.82 Å². The van der Waals surface area contributed by atoms with Crippen molar-refractivity contribution in [2.45, 2.75) is 38.3 Å². The zero-order valence-corrected chi connectivity index (χ0v) is 13.5. The molecule has 1 fully saturated rings. The Morgan fingerprint density at radius 1 is 1.43 bits per heavy atom. The van der Waals surface area contributed by atoms with E-state index in [1.807, 2.05) is 0 Å². The van der Waals surface area contributed by atoms with Gasteiger partial charge in [0, 0.05) is 29.7 Å². The Labute approximate surface area is 131 Å². The van der Waals surface area contributed by atoms with Gasteiger partial charge in [-0.3, -0.25) is 4.90 Å². The maximum atomic E-state index is 13.9. The lowest BCUT2D eigenvalue weighted by Gasteiger charge is -2.46. The van der Waals surface area contributed by atoms with Crippen LogP contribution < -0.4 is 5.73 Å². The molecule has 0 amide bonds. The van der Waals surface area contributed by atoms with Gasteiger partial charge in [-0.25, -0.2) is 4.39 Å². The molecule has 1 aliphatic heterocycles. The minimum atomic E-state index is -0.240. The lowest BCUT2D eigenvalue weighted by Crippen LogP contribution is -2.61. The first kappa shape index (κ1) is 16.7. The Balaban J connectivity index is 2.15. The first-order valence-corrected chi connectivity index (χ1v) is 7.87. The van der Waals surface area contributed by atoms with Gasteiger partial charge in [0.05, 0.1) is 13.2 Å². The molecule has 5 heteroatoms. The molecular formula is C16H24ClFN2O. The highest BCUT2D eigenvalue weighted by Gasteiger charge is 2.37. The molecule has 0 aliphatic carbocycles. The second-order valence-corrected chi connectivity index (χ2v) is 6.29. The van der Waals surface area contributed by atoms with Crippen LogP contribution in [0.3, 0.4) is 0 Å². The van der Waals surface area contributed by atoms with Gasteiger partial charge in [0.2, 0.25) is 0 Å². The third-order valence-electron chi connectivity index (χ3n) is 4.70. The van der Waals surface area contributed by atoms with E-state index in [9.17, 15) is 4.39 Å². The summed E-state index contributed by atoms with van der Waals surface area (Å²) >= 11 is 5.96. The van der Waals surface area contributed by atoms with E-state index in [4.69, 9.17) is 22.1 Å². The van der Waals surface area contributed by atoms with Crippen molar-refractivity contribution in [1.29, 1.82) is 0 Å². The van der Waals surface area contributed by atoms with E-state index in [1.165, 1.54) is 6.07 Å². The summed E-state index contributed by atoms with van der Waals surface area (Å²) in [5, 5.41) is 0.545. The molecule has 1 aliphatic rings. The van der Waals surface area contributed by atoms with Crippen molar-refractivity contribution in [3.8, 4) is 0 Å². The molecule has 1 aromatic rings. The summed E-state index contributed by atoms with van der Waals surface area (Å²) < 4.78 is 19.3. The summed E-state index contributed by atoms with van der Waals surface area (Å²) in [5.74, 6) is -0.240. The Bertz CT molecular complexity index is 479. The van der Waals surface area contributed by atoms with E-state index in [0.29, 0.717) is 17.0 Å². The van der Waals surface area contributed by atoms with Crippen molar-refractivity contribution in [2.75, 3.05) is 26.3 Å². The van der Waals surface area contributed by atoms with Crippen LogP contribution in [0.2, 0.25) is 5.02 Å². The first-order chi connectivity index (χ1) is 9.97. The summed E-state index contributed by atoms with van der Waals surface area (Å²) in [7, 11) is 0. The highest BCUT2D eigenvalue weighted by Crippen LogP contribution is 2.27. The van der Waals surface area contributed by atoms with Gasteiger partial charge < -0.3 is 10.5 Å². The SMILES string of the molecule is CCC(C)(C(N)Cc1cc(Cl)ccc1F)N1CCOCC1. The van der Waals surface area contributed by atoms with Crippen molar-refractivity contribution < 1.29 is 9.13 Å². The standard InChI is InChI=1S/C16H24ClFN2O/c1-3-16(2,20-6-8-21-9-7-20)15(19)11-12-10-13(17)4-5-14(12)18/h4-5,10,15H,3,6-9,11,19H2,1-2H3. The molecule has 0 spiro atoms. The van der Waals surface area contributed by atoms with Crippen LogP contribution in [-0.4, -0.2) is 42.8 Å². The summed E-state index contributed by atoms with van der Waals surface area (Å²) in [5.41, 5.74) is 6.87. The fourth-order valence-electron chi connectivity index (χ4n) is 2.95. The average Bonchev–Trinajstić information content (AvgIpc) is 2.51. The van der Waals surface area contributed by atoms with Crippen LogP contribution >= 0.6 is 11.6 Å². The van der Waals surface area contributed by atoms with Crippen molar-refractivity contribution in [3.05, 3.63) is 34.6 Å². The fourth-order valence-corrected chi connectivity index (χ4v) is 3.15. The van der Waals surface area contributed by atoms with Crippen LogP contribution in [0.1, 0.15) is 25.8 Å². The molecule has 2 atom stereocenters. The molecule has 118 valence electrons.